The van der Waals surface area contributed by atoms with Crippen LogP contribution >= 0.6 is 11.3 Å². The quantitative estimate of drug-likeness (QED) is 0.816. The molecule has 0 aliphatic carbocycles. The van der Waals surface area contributed by atoms with Crippen LogP contribution in [0.25, 0.3) is 0 Å². The zero-order valence-electron chi connectivity index (χ0n) is 10.6. The first-order chi connectivity index (χ1) is 8.25. The number of likely N-dealkylation sites (tertiary alicyclic amines) is 1. The van der Waals surface area contributed by atoms with E-state index >= 15 is 0 Å². The molecule has 3 N–H and O–H groups in total. The van der Waals surface area contributed by atoms with Gasteiger partial charge in [0.15, 0.2) is 0 Å². The molecule has 1 saturated heterocycles. The molecule has 0 amide bonds. The fourth-order valence-electron chi connectivity index (χ4n) is 2.40. The number of nitrogens with two attached hydrogens (primary N) is 1. The molecule has 1 aliphatic rings. The number of rotatable bonds is 6. The third kappa shape index (κ3) is 3.98. The number of nitrogen functional groups attached to an aromatic ring is 1. The number of hydrogen-bond acceptors (Lipinski definition) is 4. The Morgan fingerprint density at radius 2 is 2.24 bits per heavy atom. The van der Waals surface area contributed by atoms with Gasteiger partial charge in [0, 0.05) is 23.7 Å². The van der Waals surface area contributed by atoms with Crippen molar-refractivity contribution in [1.82, 2.24) is 10.2 Å². The third-order valence-electron chi connectivity index (χ3n) is 3.33. The molecule has 0 aromatic carbocycles. The Morgan fingerprint density at radius 1 is 1.47 bits per heavy atom. The summed E-state index contributed by atoms with van der Waals surface area (Å²) in [5.41, 5.74) is 6.78. The van der Waals surface area contributed by atoms with E-state index in [1.54, 1.807) is 11.3 Å². The first-order valence-corrected chi connectivity index (χ1v) is 7.38. The Bertz CT molecular complexity index is 331. The van der Waals surface area contributed by atoms with E-state index in [-0.39, 0.29) is 0 Å². The minimum absolute atomic E-state index is 0.717. The lowest BCUT2D eigenvalue weighted by atomic mass is 10.1. The minimum atomic E-state index is 0.717. The van der Waals surface area contributed by atoms with Crippen molar-refractivity contribution < 1.29 is 0 Å². The maximum atomic E-state index is 5.85. The average molecular weight is 253 g/mol. The molecule has 3 nitrogen and oxygen atoms in total. The second kappa shape index (κ2) is 6.38. The normalized spacial score (nSPS) is 18.6. The monoisotopic (exact) mass is 253 g/mol. The van der Waals surface area contributed by atoms with Gasteiger partial charge in [0.05, 0.1) is 0 Å². The average Bonchev–Trinajstić information content (AvgIpc) is 2.91. The highest BCUT2D eigenvalue weighted by Crippen LogP contribution is 2.18. The van der Waals surface area contributed by atoms with Gasteiger partial charge >= 0.3 is 0 Å². The van der Waals surface area contributed by atoms with Gasteiger partial charge in [-0.1, -0.05) is 6.92 Å². The Hall–Kier alpha value is -0.580. The number of hydrogen-bond donors (Lipinski definition) is 2. The van der Waals surface area contributed by atoms with Crippen LogP contribution in [0.5, 0.6) is 0 Å². The fourth-order valence-corrected chi connectivity index (χ4v) is 3.17. The molecule has 2 heterocycles. The maximum Gasteiger partial charge on any atom is 0.0468 e. The molecular weight excluding hydrogens is 230 g/mol. The van der Waals surface area contributed by atoms with Crippen LogP contribution in [-0.2, 0) is 6.54 Å². The van der Waals surface area contributed by atoms with Gasteiger partial charge in [0.25, 0.3) is 0 Å². The van der Waals surface area contributed by atoms with Crippen molar-refractivity contribution in [2.75, 3.05) is 31.9 Å². The van der Waals surface area contributed by atoms with Crippen LogP contribution < -0.4 is 11.1 Å². The summed E-state index contributed by atoms with van der Waals surface area (Å²) in [6, 6.07) is 1.98. The summed E-state index contributed by atoms with van der Waals surface area (Å²) in [6.07, 6.45) is 2.76. The number of nitrogens with one attached hydrogen (secondary N) is 1. The molecule has 1 aromatic rings. The maximum absolute atomic E-state index is 5.85. The Labute approximate surface area is 108 Å². The van der Waals surface area contributed by atoms with Crippen molar-refractivity contribution in [3.8, 4) is 0 Å². The molecule has 1 unspecified atom stereocenters. The van der Waals surface area contributed by atoms with Gasteiger partial charge in [-0.2, -0.15) is 0 Å². The second-order valence-corrected chi connectivity index (χ2v) is 6.04. The van der Waals surface area contributed by atoms with E-state index in [0.717, 1.165) is 18.8 Å². The van der Waals surface area contributed by atoms with Crippen molar-refractivity contribution in [3.63, 3.8) is 0 Å². The topological polar surface area (TPSA) is 41.3 Å². The molecule has 1 aliphatic heterocycles. The number of nitrogens with zero attached hydrogens (tertiary/aromatic N) is 1. The van der Waals surface area contributed by atoms with Crippen LogP contribution in [-0.4, -0.2) is 31.1 Å². The molecule has 1 aromatic heterocycles. The van der Waals surface area contributed by atoms with Crippen molar-refractivity contribution >= 4 is 17.0 Å². The molecule has 96 valence electrons. The molecule has 0 saturated carbocycles. The molecule has 1 fully saturated rings. The predicted octanol–water partition coefficient (Wildman–Crippen LogP) is 2.15. The molecule has 17 heavy (non-hydrogen) atoms. The van der Waals surface area contributed by atoms with Crippen LogP contribution in [0.1, 0.15) is 24.6 Å². The highest BCUT2D eigenvalue weighted by molar-refractivity contribution is 7.10. The summed E-state index contributed by atoms with van der Waals surface area (Å²) in [5.74, 6) is 0.717. The van der Waals surface area contributed by atoms with E-state index in [9.17, 15) is 0 Å². The third-order valence-corrected chi connectivity index (χ3v) is 4.26. The SMILES string of the molecule is CC(CNCc1sccc1N)CN1CCCC1. The van der Waals surface area contributed by atoms with E-state index in [4.69, 9.17) is 5.73 Å². The molecule has 2 rings (SSSR count). The molecule has 0 spiro atoms. The van der Waals surface area contributed by atoms with Gasteiger partial charge in [0.2, 0.25) is 0 Å². The smallest absolute Gasteiger partial charge is 0.0468 e. The Balaban J connectivity index is 1.62. The first kappa shape index (κ1) is 12.9. The van der Waals surface area contributed by atoms with Crippen LogP contribution in [0.15, 0.2) is 11.4 Å². The zero-order chi connectivity index (χ0) is 12.1. The lowest BCUT2D eigenvalue weighted by Gasteiger charge is -2.20. The fraction of sp³-hybridized carbons (Fsp3) is 0.692. The first-order valence-electron chi connectivity index (χ1n) is 6.50. The summed E-state index contributed by atoms with van der Waals surface area (Å²) >= 11 is 1.74. The van der Waals surface area contributed by atoms with Crippen molar-refractivity contribution in [3.05, 3.63) is 16.3 Å². The molecule has 1 atom stereocenters. The zero-order valence-corrected chi connectivity index (χ0v) is 11.4. The highest BCUT2D eigenvalue weighted by Gasteiger charge is 2.14. The van der Waals surface area contributed by atoms with Gasteiger partial charge in [-0.25, -0.2) is 0 Å². The van der Waals surface area contributed by atoms with E-state index < -0.39 is 0 Å². The standard InChI is InChI=1S/C13H23N3S/c1-11(10-16-5-2-3-6-16)8-15-9-13-12(14)4-7-17-13/h4,7,11,15H,2-3,5-6,8-10,14H2,1H3. The van der Waals surface area contributed by atoms with Crippen molar-refractivity contribution in [2.45, 2.75) is 26.3 Å². The van der Waals surface area contributed by atoms with E-state index in [2.05, 4.69) is 22.5 Å². The van der Waals surface area contributed by atoms with E-state index in [1.807, 2.05) is 6.07 Å². The second-order valence-electron chi connectivity index (χ2n) is 5.04. The van der Waals surface area contributed by atoms with Crippen LogP contribution in [0.2, 0.25) is 0 Å². The number of anilines is 1. The molecular formula is C13H23N3S. The predicted molar refractivity (Wildman–Crippen MR) is 75.3 cm³/mol. The van der Waals surface area contributed by atoms with Crippen molar-refractivity contribution in [1.29, 1.82) is 0 Å². The van der Waals surface area contributed by atoms with E-state index in [0.29, 0.717) is 5.92 Å². The van der Waals surface area contributed by atoms with Crippen LogP contribution in [0.4, 0.5) is 5.69 Å². The van der Waals surface area contributed by atoms with Gasteiger partial charge in [-0.3, -0.25) is 0 Å². The van der Waals surface area contributed by atoms with Gasteiger partial charge in [-0.15, -0.1) is 11.3 Å². The Morgan fingerprint density at radius 3 is 2.88 bits per heavy atom. The van der Waals surface area contributed by atoms with Gasteiger partial charge < -0.3 is 16.0 Å². The highest BCUT2D eigenvalue weighted by atomic mass is 32.1. The molecule has 0 bridgehead atoms. The lowest BCUT2D eigenvalue weighted by molar-refractivity contribution is 0.283. The Kier molecular flexibility index (Phi) is 4.83. The minimum Gasteiger partial charge on any atom is -0.398 e. The largest absolute Gasteiger partial charge is 0.398 e. The lowest BCUT2D eigenvalue weighted by Crippen LogP contribution is -2.31. The number of thiophene rings is 1. The van der Waals surface area contributed by atoms with Gasteiger partial charge in [-0.05, 0) is 49.8 Å². The van der Waals surface area contributed by atoms with Gasteiger partial charge in [0.1, 0.15) is 0 Å². The summed E-state index contributed by atoms with van der Waals surface area (Å²) in [4.78, 5) is 3.84. The van der Waals surface area contributed by atoms with E-state index in [1.165, 1.54) is 37.4 Å². The summed E-state index contributed by atoms with van der Waals surface area (Å²) in [6.45, 7) is 8.13. The molecule has 0 radical (unpaired) electrons. The van der Waals surface area contributed by atoms with Crippen LogP contribution in [0, 0.1) is 5.92 Å². The summed E-state index contributed by atoms with van der Waals surface area (Å²) < 4.78 is 0. The van der Waals surface area contributed by atoms with Crippen molar-refractivity contribution in [2.24, 2.45) is 5.92 Å². The summed E-state index contributed by atoms with van der Waals surface area (Å²) in [5, 5.41) is 5.56. The summed E-state index contributed by atoms with van der Waals surface area (Å²) in [7, 11) is 0. The molecule has 4 heteroatoms. The van der Waals surface area contributed by atoms with Crippen LogP contribution in [0.3, 0.4) is 0 Å².